The molecule has 1 aromatic rings. The van der Waals surface area contributed by atoms with Gasteiger partial charge in [0.05, 0.1) is 5.69 Å². The summed E-state index contributed by atoms with van der Waals surface area (Å²) in [5.74, 6) is -0.829. The lowest BCUT2D eigenvalue weighted by atomic mass is 9.95. The van der Waals surface area contributed by atoms with Crippen molar-refractivity contribution in [2.75, 3.05) is 0 Å². The molecule has 1 rings (SSSR count). The van der Waals surface area contributed by atoms with Gasteiger partial charge < -0.3 is 5.11 Å². The van der Waals surface area contributed by atoms with E-state index in [-0.39, 0.29) is 0 Å². The van der Waals surface area contributed by atoms with Crippen LogP contribution < -0.4 is 0 Å². The minimum Gasteiger partial charge on any atom is -0.481 e. The molecule has 0 unspecified atom stereocenters. The minimum absolute atomic E-state index is 0.678. The van der Waals surface area contributed by atoms with E-state index < -0.39 is 11.4 Å². The van der Waals surface area contributed by atoms with Gasteiger partial charge in [-0.3, -0.25) is 4.79 Å². The second-order valence-electron chi connectivity index (χ2n) is 3.43. The number of rotatable bonds is 3. The van der Waals surface area contributed by atoms with Crippen LogP contribution in [0.1, 0.15) is 31.5 Å². The van der Waals surface area contributed by atoms with Gasteiger partial charge in [-0.1, -0.05) is 6.92 Å². The molecule has 1 heterocycles. The number of aryl methyl sites for hydroxylation is 1. The van der Waals surface area contributed by atoms with E-state index in [2.05, 4.69) is 4.98 Å². The Morgan fingerprint density at radius 2 is 2.31 bits per heavy atom. The predicted molar refractivity (Wildman–Crippen MR) is 52.2 cm³/mol. The monoisotopic (exact) mass is 199 g/mol. The number of carboxylic acid groups (broad SMARTS) is 1. The van der Waals surface area contributed by atoms with Crippen molar-refractivity contribution >= 4 is 17.3 Å². The summed E-state index contributed by atoms with van der Waals surface area (Å²) < 4.78 is 0. The molecule has 0 fully saturated rings. The maximum absolute atomic E-state index is 10.9. The van der Waals surface area contributed by atoms with Crippen molar-refractivity contribution in [3.63, 3.8) is 0 Å². The topological polar surface area (TPSA) is 50.2 Å². The van der Waals surface area contributed by atoms with Gasteiger partial charge in [0.1, 0.15) is 10.4 Å². The number of carbonyl (C=O) groups is 1. The summed E-state index contributed by atoms with van der Waals surface area (Å²) >= 11 is 1.42. The van der Waals surface area contributed by atoms with Crippen molar-refractivity contribution in [2.45, 2.75) is 32.6 Å². The molecule has 0 saturated heterocycles. The van der Waals surface area contributed by atoms with Crippen LogP contribution in [0.25, 0.3) is 0 Å². The number of nitrogens with zero attached hydrogens (tertiary/aromatic N) is 1. The van der Waals surface area contributed by atoms with E-state index in [0.717, 1.165) is 12.1 Å². The molecule has 13 heavy (non-hydrogen) atoms. The molecule has 0 radical (unpaired) electrons. The quantitative estimate of drug-likeness (QED) is 0.810. The van der Waals surface area contributed by atoms with Crippen molar-refractivity contribution in [3.05, 3.63) is 16.1 Å². The van der Waals surface area contributed by atoms with Crippen LogP contribution in [0.3, 0.4) is 0 Å². The Labute approximate surface area is 81.4 Å². The fourth-order valence-corrected chi connectivity index (χ4v) is 1.87. The Balaban J connectivity index is 3.00. The van der Waals surface area contributed by atoms with E-state index in [1.165, 1.54) is 11.3 Å². The van der Waals surface area contributed by atoms with Crippen molar-refractivity contribution in [3.8, 4) is 0 Å². The summed E-state index contributed by atoms with van der Waals surface area (Å²) in [6.07, 6.45) is 0.853. The zero-order valence-corrected chi connectivity index (χ0v) is 8.81. The standard InChI is InChI=1S/C9H13NO2S/c1-4-6-5-13-7(10-6)9(2,3)8(11)12/h5H,4H2,1-3H3,(H,11,12). The van der Waals surface area contributed by atoms with Gasteiger partial charge in [-0.25, -0.2) is 4.98 Å². The summed E-state index contributed by atoms with van der Waals surface area (Å²) in [5, 5.41) is 11.5. The van der Waals surface area contributed by atoms with Crippen LogP contribution >= 0.6 is 11.3 Å². The largest absolute Gasteiger partial charge is 0.481 e. The molecule has 1 N–H and O–H groups in total. The number of aliphatic carboxylic acids is 1. The van der Waals surface area contributed by atoms with Crippen molar-refractivity contribution in [1.29, 1.82) is 0 Å². The van der Waals surface area contributed by atoms with E-state index in [1.807, 2.05) is 12.3 Å². The highest BCUT2D eigenvalue weighted by Gasteiger charge is 2.32. The summed E-state index contributed by atoms with van der Waals surface area (Å²) in [6.45, 7) is 5.35. The first-order valence-electron chi connectivity index (χ1n) is 4.16. The fraction of sp³-hybridized carbons (Fsp3) is 0.556. The lowest BCUT2D eigenvalue weighted by Gasteiger charge is -2.14. The minimum atomic E-state index is -0.863. The van der Waals surface area contributed by atoms with Gasteiger partial charge in [0, 0.05) is 5.38 Å². The molecule has 0 aliphatic rings. The predicted octanol–water partition coefficient (Wildman–Crippen LogP) is 2.07. The molecule has 0 amide bonds. The van der Waals surface area contributed by atoms with Crippen LogP contribution in [0.15, 0.2) is 5.38 Å². The maximum atomic E-state index is 10.9. The normalized spacial score (nSPS) is 11.6. The lowest BCUT2D eigenvalue weighted by molar-refractivity contribution is -0.142. The fourth-order valence-electron chi connectivity index (χ4n) is 0.848. The van der Waals surface area contributed by atoms with Crippen LogP contribution in [0.4, 0.5) is 0 Å². The highest BCUT2D eigenvalue weighted by molar-refractivity contribution is 7.10. The first-order valence-corrected chi connectivity index (χ1v) is 5.04. The van der Waals surface area contributed by atoms with Gasteiger partial charge in [0.2, 0.25) is 0 Å². The summed E-state index contributed by atoms with van der Waals surface area (Å²) in [7, 11) is 0. The van der Waals surface area contributed by atoms with Crippen LogP contribution in [0.5, 0.6) is 0 Å². The molecule has 0 atom stereocenters. The Morgan fingerprint density at radius 3 is 2.69 bits per heavy atom. The Hall–Kier alpha value is -0.900. The summed E-state index contributed by atoms with van der Waals surface area (Å²) in [6, 6.07) is 0. The lowest BCUT2D eigenvalue weighted by Crippen LogP contribution is -2.28. The van der Waals surface area contributed by atoms with Gasteiger partial charge in [-0.15, -0.1) is 11.3 Å². The molecule has 0 aliphatic heterocycles. The molecular weight excluding hydrogens is 186 g/mol. The van der Waals surface area contributed by atoms with E-state index in [1.54, 1.807) is 13.8 Å². The molecule has 0 aliphatic carbocycles. The zero-order valence-electron chi connectivity index (χ0n) is 8.00. The Kier molecular flexibility index (Phi) is 2.71. The van der Waals surface area contributed by atoms with Crippen molar-refractivity contribution in [1.82, 2.24) is 4.98 Å². The third-order valence-corrected chi connectivity index (χ3v) is 3.20. The van der Waals surface area contributed by atoms with Crippen LogP contribution in [-0.4, -0.2) is 16.1 Å². The molecule has 0 aromatic carbocycles. The SMILES string of the molecule is CCc1csc(C(C)(C)C(=O)O)n1. The van der Waals surface area contributed by atoms with Gasteiger partial charge >= 0.3 is 5.97 Å². The Morgan fingerprint density at radius 1 is 1.69 bits per heavy atom. The van der Waals surface area contributed by atoms with Crippen LogP contribution in [0.2, 0.25) is 0 Å². The van der Waals surface area contributed by atoms with E-state index in [0.29, 0.717) is 5.01 Å². The zero-order chi connectivity index (χ0) is 10.1. The average Bonchev–Trinajstić information content (AvgIpc) is 2.51. The van der Waals surface area contributed by atoms with E-state index in [4.69, 9.17) is 5.11 Å². The second kappa shape index (κ2) is 3.46. The van der Waals surface area contributed by atoms with Gasteiger partial charge in [0.15, 0.2) is 0 Å². The molecule has 1 aromatic heterocycles. The number of hydrogen-bond acceptors (Lipinski definition) is 3. The molecule has 0 spiro atoms. The first kappa shape index (κ1) is 10.2. The third-order valence-electron chi connectivity index (χ3n) is 1.98. The highest BCUT2D eigenvalue weighted by Crippen LogP contribution is 2.26. The molecule has 0 bridgehead atoms. The number of thiazole rings is 1. The number of carboxylic acids is 1. The van der Waals surface area contributed by atoms with Crippen LogP contribution in [0, 0.1) is 0 Å². The molecule has 3 nitrogen and oxygen atoms in total. The van der Waals surface area contributed by atoms with Crippen molar-refractivity contribution in [2.24, 2.45) is 0 Å². The van der Waals surface area contributed by atoms with Crippen molar-refractivity contribution < 1.29 is 9.90 Å². The number of aromatic nitrogens is 1. The molecular formula is C9H13NO2S. The summed E-state index contributed by atoms with van der Waals surface area (Å²) in [5.41, 5.74) is 0.104. The molecule has 72 valence electrons. The number of hydrogen-bond donors (Lipinski definition) is 1. The first-order chi connectivity index (χ1) is 5.98. The maximum Gasteiger partial charge on any atom is 0.316 e. The molecule has 4 heteroatoms. The second-order valence-corrected chi connectivity index (χ2v) is 4.29. The van der Waals surface area contributed by atoms with Crippen LogP contribution in [-0.2, 0) is 16.6 Å². The highest BCUT2D eigenvalue weighted by atomic mass is 32.1. The summed E-state index contributed by atoms with van der Waals surface area (Å²) in [4.78, 5) is 15.1. The van der Waals surface area contributed by atoms with E-state index in [9.17, 15) is 4.79 Å². The smallest absolute Gasteiger partial charge is 0.316 e. The van der Waals surface area contributed by atoms with E-state index >= 15 is 0 Å². The Bertz CT molecular complexity index is 317. The van der Waals surface area contributed by atoms with Gasteiger partial charge in [-0.05, 0) is 20.3 Å². The average molecular weight is 199 g/mol. The van der Waals surface area contributed by atoms with Gasteiger partial charge in [0.25, 0.3) is 0 Å². The third kappa shape index (κ3) is 1.88. The van der Waals surface area contributed by atoms with Gasteiger partial charge in [-0.2, -0.15) is 0 Å². The molecule has 0 saturated carbocycles.